The van der Waals surface area contributed by atoms with Gasteiger partial charge in [-0.1, -0.05) is 42.5 Å². The van der Waals surface area contributed by atoms with Gasteiger partial charge in [0, 0.05) is 12.2 Å². The number of rotatable bonds is 5. The van der Waals surface area contributed by atoms with E-state index in [4.69, 9.17) is 0 Å². The highest BCUT2D eigenvalue weighted by atomic mass is 15.3. The molecule has 3 aromatic rings. The van der Waals surface area contributed by atoms with Gasteiger partial charge in [-0.25, -0.2) is 0 Å². The number of anilines is 3. The van der Waals surface area contributed by atoms with Gasteiger partial charge in [0.25, 0.3) is 0 Å². The smallest absolute Gasteiger partial charge is 0.249 e. The van der Waals surface area contributed by atoms with Gasteiger partial charge in [0.05, 0.1) is 6.20 Å². The molecule has 0 saturated carbocycles. The summed E-state index contributed by atoms with van der Waals surface area (Å²) in [5.41, 5.74) is 4.51. The lowest BCUT2D eigenvalue weighted by molar-refractivity contribution is 0.965. The molecule has 2 N–H and O–H groups in total. The minimum Gasteiger partial charge on any atom is -0.365 e. The lowest BCUT2D eigenvalue weighted by atomic mass is 10.1. The molecule has 0 bridgehead atoms. The molecule has 0 atom stereocenters. The van der Waals surface area contributed by atoms with E-state index in [-0.39, 0.29) is 0 Å². The second-order valence-corrected chi connectivity index (χ2v) is 5.45. The number of aryl methyl sites for hydroxylation is 2. The second-order valence-electron chi connectivity index (χ2n) is 5.45. The zero-order valence-corrected chi connectivity index (χ0v) is 13.2. The lowest BCUT2D eigenvalue weighted by Crippen LogP contribution is -2.06. The van der Waals surface area contributed by atoms with Crippen LogP contribution in [0.15, 0.2) is 54.7 Å². The van der Waals surface area contributed by atoms with E-state index in [2.05, 4.69) is 63.1 Å². The summed E-state index contributed by atoms with van der Waals surface area (Å²) in [5.74, 6) is 1.17. The molecule has 0 aliphatic heterocycles. The summed E-state index contributed by atoms with van der Waals surface area (Å²) in [6.07, 6.45) is 1.62. The topological polar surface area (TPSA) is 62.7 Å². The van der Waals surface area contributed by atoms with Gasteiger partial charge in [-0.05, 0) is 36.6 Å². The van der Waals surface area contributed by atoms with Crippen molar-refractivity contribution in [1.29, 1.82) is 0 Å². The summed E-state index contributed by atoms with van der Waals surface area (Å²) in [5, 5.41) is 14.5. The molecule has 0 saturated heterocycles. The maximum absolute atomic E-state index is 4.46. The highest BCUT2D eigenvalue weighted by molar-refractivity contribution is 5.59. The van der Waals surface area contributed by atoms with Gasteiger partial charge in [-0.2, -0.15) is 10.1 Å². The van der Waals surface area contributed by atoms with E-state index in [1.807, 2.05) is 25.1 Å². The Hall–Kier alpha value is -2.95. The van der Waals surface area contributed by atoms with Crippen LogP contribution in [0.3, 0.4) is 0 Å². The first-order chi connectivity index (χ1) is 11.2. The number of hydrogen-bond acceptors (Lipinski definition) is 5. The molecule has 0 aliphatic rings. The van der Waals surface area contributed by atoms with Crippen molar-refractivity contribution in [2.75, 3.05) is 10.6 Å². The third-order valence-electron chi connectivity index (χ3n) is 3.51. The fourth-order valence-corrected chi connectivity index (χ4v) is 2.22. The van der Waals surface area contributed by atoms with Crippen LogP contribution in [0.25, 0.3) is 0 Å². The predicted molar refractivity (Wildman–Crippen MR) is 92.8 cm³/mol. The Bertz CT molecular complexity index is 786. The van der Waals surface area contributed by atoms with Crippen molar-refractivity contribution in [2.24, 2.45) is 0 Å². The normalized spacial score (nSPS) is 10.3. The molecule has 0 spiro atoms. The van der Waals surface area contributed by atoms with Crippen molar-refractivity contribution < 1.29 is 0 Å². The molecule has 0 radical (unpaired) electrons. The number of nitrogens with one attached hydrogen (secondary N) is 2. The molecule has 0 aliphatic carbocycles. The van der Waals surface area contributed by atoms with Crippen molar-refractivity contribution in [3.63, 3.8) is 0 Å². The first kappa shape index (κ1) is 15.0. The number of benzene rings is 2. The number of nitrogens with zero attached hydrogens (tertiary/aromatic N) is 3. The van der Waals surface area contributed by atoms with E-state index in [9.17, 15) is 0 Å². The maximum atomic E-state index is 4.46. The molecule has 0 fully saturated rings. The Morgan fingerprint density at radius 2 is 1.83 bits per heavy atom. The molecule has 116 valence electrons. The lowest BCUT2D eigenvalue weighted by Gasteiger charge is -2.10. The quantitative estimate of drug-likeness (QED) is 0.750. The zero-order valence-electron chi connectivity index (χ0n) is 13.2. The third-order valence-corrected chi connectivity index (χ3v) is 3.51. The molecule has 3 rings (SSSR count). The first-order valence-corrected chi connectivity index (χ1v) is 7.52. The fourth-order valence-electron chi connectivity index (χ4n) is 2.22. The van der Waals surface area contributed by atoms with Crippen LogP contribution >= 0.6 is 0 Å². The molecule has 5 nitrogen and oxygen atoms in total. The Morgan fingerprint density at radius 1 is 1.00 bits per heavy atom. The molecule has 0 unspecified atom stereocenters. The minimum absolute atomic E-state index is 0.483. The summed E-state index contributed by atoms with van der Waals surface area (Å²) in [4.78, 5) is 4.46. The van der Waals surface area contributed by atoms with Gasteiger partial charge < -0.3 is 10.6 Å². The van der Waals surface area contributed by atoms with Gasteiger partial charge in [0.2, 0.25) is 5.95 Å². The largest absolute Gasteiger partial charge is 0.365 e. The van der Waals surface area contributed by atoms with Crippen LogP contribution in [-0.4, -0.2) is 15.2 Å². The maximum Gasteiger partial charge on any atom is 0.249 e. The van der Waals surface area contributed by atoms with Crippen molar-refractivity contribution >= 4 is 17.5 Å². The highest BCUT2D eigenvalue weighted by Crippen LogP contribution is 2.19. The van der Waals surface area contributed by atoms with Gasteiger partial charge in [-0.3, -0.25) is 0 Å². The van der Waals surface area contributed by atoms with Crippen LogP contribution in [0.4, 0.5) is 17.5 Å². The summed E-state index contributed by atoms with van der Waals surface area (Å²) >= 11 is 0. The molecule has 1 aromatic heterocycles. The Labute approximate surface area is 135 Å². The highest BCUT2D eigenvalue weighted by Gasteiger charge is 2.04. The number of hydrogen-bond donors (Lipinski definition) is 2. The van der Waals surface area contributed by atoms with Crippen LogP contribution in [0, 0.1) is 13.8 Å². The van der Waals surface area contributed by atoms with Crippen LogP contribution in [-0.2, 0) is 6.54 Å². The van der Waals surface area contributed by atoms with E-state index in [1.54, 1.807) is 6.20 Å². The predicted octanol–water partition coefficient (Wildman–Crippen LogP) is 3.84. The van der Waals surface area contributed by atoms with Gasteiger partial charge in [0.15, 0.2) is 5.82 Å². The molecule has 1 heterocycles. The van der Waals surface area contributed by atoms with Gasteiger partial charge in [-0.15, -0.1) is 5.10 Å². The standard InChI is InChI=1S/C18H19N5/c1-13-8-9-14(2)16(10-13)21-18-22-17(12-20-23-18)19-11-15-6-4-3-5-7-15/h3-10,12H,11H2,1-2H3,(H2,19,21,22,23). The molecular formula is C18H19N5. The van der Waals surface area contributed by atoms with Crippen molar-refractivity contribution in [3.8, 4) is 0 Å². The third kappa shape index (κ3) is 4.03. The Morgan fingerprint density at radius 3 is 2.65 bits per heavy atom. The van der Waals surface area contributed by atoms with Crippen LogP contribution in [0.2, 0.25) is 0 Å². The summed E-state index contributed by atoms with van der Waals surface area (Å²) in [6, 6.07) is 16.4. The molecule has 23 heavy (non-hydrogen) atoms. The Balaban J connectivity index is 1.71. The van der Waals surface area contributed by atoms with E-state index >= 15 is 0 Å². The monoisotopic (exact) mass is 305 g/mol. The first-order valence-electron chi connectivity index (χ1n) is 7.52. The van der Waals surface area contributed by atoms with Crippen molar-refractivity contribution in [2.45, 2.75) is 20.4 Å². The zero-order chi connectivity index (χ0) is 16.1. The fraction of sp³-hybridized carbons (Fsp3) is 0.167. The summed E-state index contributed by atoms with van der Waals surface area (Å²) in [6.45, 7) is 4.80. The second kappa shape index (κ2) is 6.87. The minimum atomic E-state index is 0.483. The van der Waals surface area contributed by atoms with E-state index < -0.39 is 0 Å². The summed E-state index contributed by atoms with van der Waals surface area (Å²) < 4.78 is 0. The van der Waals surface area contributed by atoms with Crippen LogP contribution in [0.1, 0.15) is 16.7 Å². The van der Waals surface area contributed by atoms with Gasteiger partial charge >= 0.3 is 0 Å². The van der Waals surface area contributed by atoms with Gasteiger partial charge in [0.1, 0.15) is 0 Å². The Kier molecular flexibility index (Phi) is 4.47. The molecular weight excluding hydrogens is 286 g/mol. The number of aromatic nitrogens is 3. The van der Waals surface area contributed by atoms with Crippen LogP contribution in [0.5, 0.6) is 0 Å². The average Bonchev–Trinajstić information content (AvgIpc) is 2.58. The summed E-state index contributed by atoms with van der Waals surface area (Å²) in [7, 11) is 0. The SMILES string of the molecule is Cc1ccc(C)c(Nc2nncc(NCc3ccccc3)n2)c1. The molecule has 0 amide bonds. The molecule has 2 aromatic carbocycles. The molecule has 5 heteroatoms. The van der Waals surface area contributed by atoms with E-state index in [0.29, 0.717) is 18.3 Å². The van der Waals surface area contributed by atoms with E-state index in [1.165, 1.54) is 11.1 Å². The average molecular weight is 305 g/mol. The van der Waals surface area contributed by atoms with Crippen LogP contribution < -0.4 is 10.6 Å². The van der Waals surface area contributed by atoms with E-state index in [0.717, 1.165) is 11.3 Å². The van der Waals surface area contributed by atoms with Crippen molar-refractivity contribution in [3.05, 3.63) is 71.4 Å². The van der Waals surface area contributed by atoms with Crippen molar-refractivity contribution in [1.82, 2.24) is 15.2 Å².